The third-order valence-electron chi connectivity index (χ3n) is 4.73. The molecule has 1 aliphatic heterocycles. The zero-order valence-corrected chi connectivity index (χ0v) is 12.5. The van der Waals surface area contributed by atoms with Gasteiger partial charge in [-0.25, -0.2) is 0 Å². The molecule has 1 N–H and O–H groups in total. The van der Waals surface area contributed by atoms with Crippen LogP contribution in [0, 0.1) is 5.92 Å². The fourth-order valence-electron chi connectivity index (χ4n) is 3.57. The van der Waals surface area contributed by atoms with Gasteiger partial charge in [0, 0.05) is 5.54 Å². The van der Waals surface area contributed by atoms with Crippen molar-refractivity contribution in [1.82, 2.24) is 10.2 Å². The molecule has 2 aliphatic rings. The molecule has 0 aromatic carbocycles. The van der Waals surface area contributed by atoms with Crippen molar-refractivity contribution in [2.24, 2.45) is 5.92 Å². The fourth-order valence-corrected chi connectivity index (χ4v) is 3.57. The van der Waals surface area contributed by atoms with Gasteiger partial charge in [-0.3, -0.25) is 9.59 Å². The van der Waals surface area contributed by atoms with E-state index in [4.69, 9.17) is 0 Å². The highest BCUT2D eigenvalue weighted by atomic mass is 16.2. The second-order valence-electron chi connectivity index (χ2n) is 6.57. The maximum atomic E-state index is 12.8. The van der Waals surface area contributed by atoms with Crippen LogP contribution in [0.3, 0.4) is 0 Å². The Morgan fingerprint density at radius 3 is 2.37 bits per heavy atom. The maximum absolute atomic E-state index is 12.8. The molecule has 0 radical (unpaired) electrons. The minimum absolute atomic E-state index is 0.0222. The first-order valence-corrected chi connectivity index (χ1v) is 7.54. The van der Waals surface area contributed by atoms with Crippen molar-refractivity contribution in [3.8, 4) is 0 Å². The minimum Gasteiger partial charge on any atom is -0.342 e. The molecule has 0 aromatic rings. The monoisotopic (exact) mass is 266 g/mol. The summed E-state index contributed by atoms with van der Waals surface area (Å²) in [6.07, 6.45) is 5.05. The van der Waals surface area contributed by atoms with E-state index in [0.29, 0.717) is 6.42 Å². The molecule has 0 aromatic heterocycles. The Hall–Kier alpha value is -1.06. The number of carbonyl (C=O) groups excluding carboxylic acids is 2. The molecule has 4 heteroatoms. The van der Waals surface area contributed by atoms with E-state index in [1.54, 1.807) is 0 Å². The fraction of sp³-hybridized carbons (Fsp3) is 0.867. The van der Waals surface area contributed by atoms with Crippen LogP contribution in [0.1, 0.15) is 59.8 Å². The van der Waals surface area contributed by atoms with Gasteiger partial charge >= 0.3 is 0 Å². The van der Waals surface area contributed by atoms with E-state index in [1.165, 1.54) is 0 Å². The summed E-state index contributed by atoms with van der Waals surface area (Å²) >= 11 is 0. The number of nitrogens with zero attached hydrogens (tertiary/aromatic N) is 1. The lowest BCUT2D eigenvalue weighted by atomic mass is 9.89. The predicted molar refractivity (Wildman–Crippen MR) is 74.6 cm³/mol. The van der Waals surface area contributed by atoms with Crippen molar-refractivity contribution in [2.75, 3.05) is 0 Å². The van der Waals surface area contributed by atoms with E-state index in [2.05, 4.69) is 12.2 Å². The Morgan fingerprint density at radius 2 is 1.89 bits per heavy atom. The third-order valence-corrected chi connectivity index (χ3v) is 4.73. The molecule has 2 unspecified atom stereocenters. The van der Waals surface area contributed by atoms with E-state index in [9.17, 15) is 9.59 Å². The molecular weight excluding hydrogens is 240 g/mol. The van der Waals surface area contributed by atoms with Gasteiger partial charge in [-0.1, -0.05) is 33.6 Å². The molecule has 1 aliphatic carbocycles. The Labute approximate surface area is 115 Å². The molecule has 0 spiro atoms. The van der Waals surface area contributed by atoms with Gasteiger partial charge in [0.05, 0.1) is 0 Å². The van der Waals surface area contributed by atoms with Gasteiger partial charge in [-0.05, 0) is 32.1 Å². The summed E-state index contributed by atoms with van der Waals surface area (Å²) in [5.74, 6) is 0.279. The Kier molecular flexibility index (Phi) is 3.88. The van der Waals surface area contributed by atoms with Crippen LogP contribution in [0.15, 0.2) is 0 Å². The number of hydrogen-bond acceptors (Lipinski definition) is 2. The van der Waals surface area contributed by atoms with Gasteiger partial charge < -0.3 is 10.2 Å². The number of hydrogen-bond donors (Lipinski definition) is 1. The number of piperazine rings is 1. The molecule has 0 bridgehead atoms. The summed E-state index contributed by atoms with van der Waals surface area (Å²) in [6.45, 7) is 8.11. The first-order chi connectivity index (χ1) is 8.90. The van der Waals surface area contributed by atoms with Crippen LogP contribution < -0.4 is 5.32 Å². The predicted octanol–water partition coefficient (Wildman–Crippen LogP) is 2.08. The lowest BCUT2D eigenvalue weighted by Gasteiger charge is -2.48. The highest BCUT2D eigenvalue weighted by Crippen LogP contribution is 2.38. The summed E-state index contributed by atoms with van der Waals surface area (Å²) in [7, 11) is 0. The second kappa shape index (κ2) is 5.14. The normalized spacial score (nSPS) is 30.9. The lowest BCUT2D eigenvalue weighted by molar-refractivity contribution is -0.158. The van der Waals surface area contributed by atoms with Crippen molar-refractivity contribution < 1.29 is 9.59 Å². The summed E-state index contributed by atoms with van der Waals surface area (Å²) in [5, 5.41) is 2.91. The standard InChI is InChI=1S/C15H26N2O2/c1-5-11-13(18)16-12(10(2)3)14(19)17(11)15(4)8-6-7-9-15/h10-12H,5-9H2,1-4H3,(H,16,18). The van der Waals surface area contributed by atoms with Gasteiger partial charge in [0.1, 0.15) is 12.1 Å². The van der Waals surface area contributed by atoms with Crippen molar-refractivity contribution in [3.05, 3.63) is 0 Å². The molecule has 108 valence electrons. The molecular formula is C15H26N2O2. The average molecular weight is 266 g/mol. The van der Waals surface area contributed by atoms with E-state index in [0.717, 1.165) is 25.7 Å². The molecule has 2 rings (SSSR count). The Morgan fingerprint density at radius 1 is 1.32 bits per heavy atom. The van der Waals surface area contributed by atoms with Gasteiger partial charge in [0.2, 0.25) is 11.8 Å². The Balaban J connectivity index is 2.34. The quantitative estimate of drug-likeness (QED) is 0.850. The zero-order valence-electron chi connectivity index (χ0n) is 12.5. The highest BCUT2D eigenvalue weighted by molar-refractivity contribution is 5.97. The molecule has 2 amide bonds. The number of nitrogens with one attached hydrogen (secondary N) is 1. The van der Waals surface area contributed by atoms with E-state index in [1.807, 2.05) is 25.7 Å². The first-order valence-electron chi connectivity index (χ1n) is 7.54. The molecule has 2 atom stereocenters. The van der Waals surface area contributed by atoms with Crippen molar-refractivity contribution in [2.45, 2.75) is 77.4 Å². The topological polar surface area (TPSA) is 49.4 Å². The first kappa shape index (κ1) is 14.4. The van der Waals surface area contributed by atoms with Crippen LogP contribution in [0.25, 0.3) is 0 Å². The Bertz CT molecular complexity index is 372. The van der Waals surface area contributed by atoms with E-state index in [-0.39, 0.29) is 35.4 Å². The summed E-state index contributed by atoms with van der Waals surface area (Å²) in [5.41, 5.74) is -0.122. The molecule has 19 heavy (non-hydrogen) atoms. The van der Waals surface area contributed by atoms with Crippen LogP contribution in [-0.2, 0) is 9.59 Å². The molecule has 1 saturated carbocycles. The summed E-state index contributed by atoms with van der Waals surface area (Å²) in [6, 6.07) is -0.640. The highest BCUT2D eigenvalue weighted by Gasteiger charge is 2.49. The van der Waals surface area contributed by atoms with Gasteiger partial charge in [-0.2, -0.15) is 0 Å². The summed E-state index contributed by atoms with van der Waals surface area (Å²) in [4.78, 5) is 27.0. The largest absolute Gasteiger partial charge is 0.342 e. The van der Waals surface area contributed by atoms with Crippen LogP contribution >= 0.6 is 0 Å². The van der Waals surface area contributed by atoms with Gasteiger partial charge in [-0.15, -0.1) is 0 Å². The minimum atomic E-state index is -0.354. The summed E-state index contributed by atoms with van der Waals surface area (Å²) < 4.78 is 0. The number of amides is 2. The van der Waals surface area contributed by atoms with Crippen LogP contribution in [0.2, 0.25) is 0 Å². The van der Waals surface area contributed by atoms with Crippen LogP contribution in [0.5, 0.6) is 0 Å². The van der Waals surface area contributed by atoms with E-state index < -0.39 is 0 Å². The smallest absolute Gasteiger partial charge is 0.246 e. The second-order valence-corrected chi connectivity index (χ2v) is 6.57. The van der Waals surface area contributed by atoms with Crippen LogP contribution in [-0.4, -0.2) is 34.3 Å². The molecule has 4 nitrogen and oxygen atoms in total. The van der Waals surface area contributed by atoms with Gasteiger partial charge in [0.25, 0.3) is 0 Å². The molecule has 1 heterocycles. The molecule has 2 fully saturated rings. The number of rotatable bonds is 3. The lowest BCUT2D eigenvalue weighted by Crippen LogP contribution is -2.69. The maximum Gasteiger partial charge on any atom is 0.246 e. The SMILES string of the molecule is CCC1C(=O)NC(C(C)C)C(=O)N1C1(C)CCCC1. The average Bonchev–Trinajstić information content (AvgIpc) is 2.78. The van der Waals surface area contributed by atoms with Crippen molar-refractivity contribution >= 4 is 11.8 Å². The third kappa shape index (κ3) is 2.37. The van der Waals surface area contributed by atoms with Crippen molar-refractivity contribution in [3.63, 3.8) is 0 Å². The molecule has 1 saturated heterocycles. The van der Waals surface area contributed by atoms with E-state index >= 15 is 0 Å². The van der Waals surface area contributed by atoms with Gasteiger partial charge in [0.15, 0.2) is 0 Å². The van der Waals surface area contributed by atoms with Crippen molar-refractivity contribution in [1.29, 1.82) is 0 Å². The zero-order chi connectivity index (χ0) is 14.2. The number of carbonyl (C=O) groups is 2. The van der Waals surface area contributed by atoms with Crippen LogP contribution in [0.4, 0.5) is 0 Å².